The lowest BCUT2D eigenvalue weighted by Crippen LogP contribution is -2.38. The first kappa shape index (κ1) is 9.40. The van der Waals surface area contributed by atoms with Gasteiger partial charge in [0.25, 0.3) is 0 Å². The van der Waals surface area contributed by atoms with Crippen molar-refractivity contribution >= 4 is 5.82 Å². The number of anilines is 1. The Balaban J connectivity index is 2.12. The number of aliphatic hydroxyl groups excluding tert-OH is 1. The number of aliphatic hydroxyl groups is 1. The Bertz CT molecular complexity index is 291. The third kappa shape index (κ3) is 1.70. The van der Waals surface area contributed by atoms with Gasteiger partial charge < -0.3 is 10.0 Å². The molecule has 1 N–H and O–H groups in total. The molecule has 1 fully saturated rings. The molecule has 4 nitrogen and oxygen atoms in total. The number of hydrogen-bond donors (Lipinski definition) is 1. The third-order valence-electron chi connectivity index (χ3n) is 2.85. The Morgan fingerprint density at radius 3 is 2.86 bits per heavy atom. The lowest BCUT2D eigenvalue weighted by molar-refractivity contribution is 0.162. The summed E-state index contributed by atoms with van der Waals surface area (Å²) in [5.41, 5.74) is 0. The van der Waals surface area contributed by atoms with Crippen molar-refractivity contribution in [2.45, 2.75) is 31.4 Å². The van der Waals surface area contributed by atoms with Gasteiger partial charge in [0.1, 0.15) is 5.82 Å². The highest BCUT2D eigenvalue weighted by Crippen LogP contribution is 2.25. The van der Waals surface area contributed by atoms with Gasteiger partial charge in [-0.2, -0.15) is 0 Å². The Labute approximate surface area is 83.6 Å². The van der Waals surface area contributed by atoms with Gasteiger partial charge >= 0.3 is 0 Å². The highest BCUT2D eigenvalue weighted by atomic mass is 16.3. The van der Waals surface area contributed by atoms with Gasteiger partial charge in [0.15, 0.2) is 0 Å². The van der Waals surface area contributed by atoms with E-state index < -0.39 is 0 Å². The Hall–Kier alpha value is -1.16. The number of rotatable bonds is 2. The second-order valence-corrected chi connectivity index (χ2v) is 3.74. The fourth-order valence-electron chi connectivity index (χ4n) is 2.02. The summed E-state index contributed by atoms with van der Waals surface area (Å²) in [6, 6.07) is 0.201. The maximum absolute atomic E-state index is 9.73. The zero-order valence-electron chi connectivity index (χ0n) is 8.30. The largest absolute Gasteiger partial charge is 0.391 e. The van der Waals surface area contributed by atoms with E-state index in [4.69, 9.17) is 0 Å². The first-order valence-electron chi connectivity index (χ1n) is 4.96. The summed E-state index contributed by atoms with van der Waals surface area (Å²) in [5, 5.41) is 9.73. The quantitative estimate of drug-likeness (QED) is 0.755. The van der Waals surface area contributed by atoms with E-state index in [1.807, 2.05) is 11.9 Å². The smallest absolute Gasteiger partial charge is 0.147 e. The number of nitrogens with zero attached hydrogens (tertiary/aromatic N) is 3. The van der Waals surface area contributed by atoms with Crippen molar-refractivity contribution < 1.29 is 5.11 Å². The van der Waals surface area contributed by atoms with E-state index in [0.29, 0.717) is 0 Å². The Morgan fingerprint density at radius 2 is 2.29 bits per heavy atom. The molecule has 0 aliphatic heterocycles. The van der Waals surface area contributed by atoms with E-state index in [0.717, 1.165) is 25.1 Å². The first-order valence-corrected chi connectivity index (χ1v) is 4.96. The molecule has 1 aliphatic carbocycles. The highest BCUT2D eigenvalue weighted by Gasteiger charge is 2.29. The molecule has 0 amide bonds. The fourth-order valence-corrected chi connectivity index (χ4v) is 2.02. The topological polar surface area (TPSA) is 49.2 Å². The summed E-state index contributed by atoms with van der Waals surface area (Å²) in [6.45, 7) is 0. The van der Waals surface area contributed by atoms with Gasteiger partial charge in [0, 0.05) is 19.4 Å². The van der Waals surface area contributed by atoms with Crippen LogP contribution in [-0.4, -0.2) is 34.3 Å². The highest BCUT2D eigenvalue weighted by molar-refractivity contribution is 5.36. The van der Waals surface area contributed by atoms with Crippen LogP contribution in [0.3, 0.4) is 0 Å². The normalized spacial score (nSPS) is 26.4. The molecule has 1 aliphatic rings. The number of hydrogen-bond acceptors (Lipinski definition) is 4. The number of aromatic nitrogens is 2. The van der Waals surface area contributed by atoms with Crippen LogP contribution in [0.15, 0.2) is 18.6 Å². The van der Waals surface area contributed by atoms with E-state index in [9.17, 15) is 5.11 Å². The van der Waals surface area contributed by atoms with Crippen LogP contribution in [0.2, 0.25) is 0 Å². The molecule has 0 bridgehead atoms. The minimum atomic E-state index is -0.220. The molecule has 0 radical (unpaired) electrons. The minimum Gasteiger partial charge on any atom is -0.391 e. The van der Waals surface area contributed by atoms with Gasteiger partial charge in [-0.05, 0) is 19.3 Å². The second kappa shape index (κ2) is 3.92. The van der Waals surface area contributed by atoms with Crippen LogP contribution in [-0.2, 0) is 0 Å². The average molecular weight is 193 g/mol. The van der Waals surface area contributed by atoms with Crippen LogP contribution in [0, 0.1) is 0 Å². The molecular weight excluding hydrogens is 178 g/mol. The maximum atomic E-state index is 9.73. The molecule has 4 heteroatoms. The molecule has 2 rings (SSSR count). The van der Waals surface area contributed by atoms with E-state index in [2.05, 4.69) is 9.97 Å². The molecule has 1 aromatic heterocycles. The predicted molar refractivity (Wildman–Crippen MR) is 54.1 cm³/mol. The van der Waals surface area contributed by atoms with Crippen molar-refractivity contribution in [3.8, 4) is 0 Å². The van der Waals surface area contributed by atoms with Gasteiger partial charge in [0.2, 0.25) is 0 Å². The monoisotopic (exact) mass is 193 g/mol. The molecule has 1 saturated carbocycles. The van der Waals surface area contributed by atoms with Crippen molar-refractivity contribution in [2.75, 3.05) is 11.9 Å². The molecular formula is C10H15N3O. The van der Waals surface area contributed by atoms with Gasteiger partial charge in [-0.3, -0.25) is 4.98 Å². The standard InChI is InChI=1S/C10H15N3O/c1-13(8-3-2-4-9(8)14)10-7-11-5-6-12-10/h5-9,14H,2-4H2,1H3. The SMILES string of the molecule is CN(c1cnccn1)C1CCCC1O. The van der Waals surface area contributed by atoms with E-state index in [-0.39, 0.29) is 12.1 Å². The second-order valence-electron chi connectivity index (χ2n) is 3.74. The molecule has 0 saturated heterocycles. The molecule has 2 unspecified atom stereocenters. The van der Waals surface area contributed by atoms with E-state index >= 15 is 0 Å². The average Bonchev–Trinajstić information content (AvgIpc) is 2.65. The number of likely N-dealkylation sites (N-methyl/N-ethyl adjacent to an activating group) is 1. The van der Waals surface area contributed by atoms with Crippen molar-refractivity contribution in [3.05, 3.63) is 18.6 Å². The molecule has 1 aromatic rings. The maximum Gasteiger partial charge on any atom is 0.147 e. The van der Waals surface area contributed by atoms with Crippen LogP contribution in [0.4, 0.5) is 5.82 Å². The Morgan fingerprint density at radius 1 is 1.43 bits per heavy atom. The molecule has 0 aromatic carbocycles. The van der Waals surface area contributed by atoms with Crippen molar-refractivity contribution in [1.82, 2.24) is 9.97 Å². The molecule has 14 heavy (non-hydrogen) atoms. The lowest BCUT2D eigenvalue weighted by atomic mass is 10.2. The van der Waals surface area contributed by atoms with Crippen molar-refractivity contribution in [1.29, 1.82) is 0 Å². The van der Waals surface area contributed by atoms with Gasteiger partial charge in [-0.25, -0.2) is 4.98 Å². The fraction of sp³-hybridized carbons (Fsp3) is 0.600. The van der Waals surface area contributed by atoms with Crippen molar-refractivity contribution in [2.24, 2.45) is 0 Å². The van der Waals surface area contributed by atoms with Crippen LogP contribution in [0.5, 0.6) is 0 Å². The van der Waals surface area contributed by atoms with Gasteiger partial charge in [0.05, 0.1) is 18.3 Å². The summed E-state index contributed by atoms with van der Waals surface area (Å²) < 4.78 is 0. The summed E-state index contributed by atoms with van der Waals surface area (Å²) in [5.74, 6) is 0.832. The predicted octanol–water partition coefficient (Wildman–Crippen LogP) is 0.826. The van der Waals surface area contributed by atoms with E-state index in [1.54, 1.807) is 18.6 Å². The molecule has 2 atom stereocenters. The van der Waals surface area contributed by atoms with Crippen LogP contribution < -0.4 is 4.90 Å². The third-order valence-corrected chi connectivity index (χ3v) is 2.85. The van der Waals surface area contributed by atoms with Gasteiger partial charge in [-0.1, -0.05) is 0 Å². The minimum absolute atomic E-state index is 0.201. The Kier molecular flexibility index (Phi) is 2.63. The van der Waals surface area contributed by atoms with Crippen LogP contribution >= 0.6 is 0 Å². The van der Waals surface area contributed by atoms with Crippen LogP contribution in [0.1, 0.15) is 19.3 Å². The first-order chi connectivity index (χ1) is 6.79. The summed E-state index contributed by atoms with van der Waals surface area (Å²) >= 11 is 0. The zero-order chi connectivity index (χ0) is 9.97. The molecule has 76 valence electrons. The van der Waals surface area contributed by atoms with Crippen LogP contribution in [0.25, 0.3) is 0 Å². The summed E-state index contributed by atoms with van der Waals surface area (Å²) in [4.78, 5) is 10.2. The van der Waals surface area contributed by atoms with Gasteiger partial charge in [-0.15, -0.1) is 0 Å². The molecule has 0 spiro atoms. The summed E-state index contributed by atoms with van der Waals surface area (Å²) in [7, 11) is 1.96. The summed E-state index contributed by atoms with van der Waals surface area (Å²) in [6.07, 6.45) is 7.86. The zero-order valence-corrected chi connectivity index (χ0v) is 8.30. The van der Waals surface area contributed by atoms with E-state index in [1.165, 1.54) is 0 Å². The molecule has 1 heterocycles. The lowest BCUT2D eigenvalue weighted by Gasteiger charge is -2.27. The van der Waals surface area contributed by atoms with Crippen molar-refractivity contribution in [3.63, 3.8) is 0 Å².